The molecule has 0 atom stereocenters. The largest absolute Gasteiger partial charge is 0.486 e. The standard InChI is InChI=1S/C19H25N5O4S/c1-14-20-18(22(2)3)13-19(21-14)23-6-8-24(9-7-23)29(25,26)15-4-5-16-17(12-15)28-11-10-27-16/h4-5,12-13H,6-11H2,1-3H3. The summed E-state index contributed by atoms with van der Waals surface area (Å²) in [5.74, 6) is 3.40. The van der Waals surface area contributed by atoms with Gasteiger partial charge in [0.2, 0.25) is 10.0 Å². The Labute approximate surface area is 170 Å². The van der Waals surface area contributed by atoms with Crippen molar-refractivity contribution in [2.24, 2.45) is 0 Å². The first-order valence-corrected chi connectivity index (χ1v) is 11.0. The minimum absolute atomic E-state index is 0.225. The summed E-state index contributed by atoms with van der Waals surface area (Å²) in [5.41, 5.74) is 0. The van der Waals surface area contributed by atoms with Crippen molar-refractivity contribution in [2.45, 2.75) is 11.8 Å². The maximum atomic E-state index is 13.1. The first kappa shape index (κ1) is 19.7. The van der Waals surface area contributed by atoms with Crippen LogP contribution in [0.5, 0.6) is 11.5 Å². The van der Waals surface area contributed by atoms with E-state index in [0.717, 1.165) is 11.6 Å². The molecule has 2 aliphatic heterocycles. The molecule has 2 aliphatic rings. The molecule has 1 aromatic carbocycles. The van der Waals surface area contributed by atoms with Gasteiger partial charge in [-0.3, -0.25) is 0 Å². The predicted octanol–water partition coefficient (Wildman–Crippen LogP) is 1.13. The Morgan fingerprint density at radius 3 is 2.34 bits per heavy atom. The van der Waals surface area contributed by atoms with Crippen molar-refractivity contribution in [1.82, 2.24) is 14.3 Å². The van der Waals surface area contributed by atoms with Crippen molar-refractivity contribution in [3.63, 3.8) is 0 Å². The number of ether oxygens (including phenoxy) is 2. The highest BCUT2D eigenvalue weighted by Gasteiger charge is 2.30. The van der Waals surface area contributed by atoms with Crippen molar-refractivity contribution in [3.05, 3.63) is 30.1 Å². The molecule has 4 rings (SSSR count). The third kappa shape index (κ3) is 3.95. The van der Waals surface area contributed by atoms with Gasteiger partial charge in [0.05, 0.1) is 4.90 Å². The summed E-state index contributed by atoms with van der Waals surface area (Å²) in [4.78, 5) is 13.2. The lowest BCUT2D eigenvalue weighted by molar-refractivity contribution is 0.171. The van der Waals surface area contributed by atoms with Crippen LogP contribution in [-0.4, -0.2) is 76.2 Å². The lowest BCUT2D eigenvalue weighted by Crippen LogP contribution is -2.49. The van der Waals surface area contributed by atoms with Crippen LogP contribution >= 0.6 is 0 Å². The quantitative estimate of drug-likeness (QED) is 0.729. The van der Waals surface area contributed by atoms with Crippen molar-refractivity contribution >= 4 is 21.7 Å². The van der Waals surface area contributed by atoms with Gasteiger partial charge in [0.1, 0.15) is 30.7 Å². The Kier molecular flexibility index (Phi) is 5.22. The molecule has 0 unspecified atom stereocenters. The van der Waals surface area contributed by atoms with E-state index in [0.29, 0.717) is 56.7 Å². The van der Waals surface area contributed by atoms with E-state index < -0.39 is 10.0 Å². The zero-order valence-corrected chi connectivity index (χ0v) is 17.6. The summed E-state index contributed by atoms with van der Waals surface area (Å²) in [6, 6.07) is 6.71. The van der Waals surface area contributed by atoms with Gasteiger partial charge in [0.25, 0.3) is 0 Å². The van der Waals surface area contributed by atoms with Crippen LogP contribution in [0.1, 0.15) is 5.82 Å². The van der Waals surface area contributed by atoms with E-state index in [9.17, 15) is 8.42 Å². The fourth-order valence-corrected chi connectivity index (χ4v) is 4.86. The van der Waals surface area contributed by atoms with E-state index in [1.54, 1.807) is 18.2 Å². The number of sulfonamides is 1. The van der Waals surface area contributed by atoms with Crippen LogP contribution in [0.25, 0.3) is 0 Å². The van der Waals surface area contributed by atoms with Gasteiger partial charge < -0.3 is 19.3 Å². The third-order valence-corrected chi connectivity index (χ3v) is 6.88. The minimum Gasteiger partial charge on any atom is -0.486 e. The second-order valence-corrected chi connectivity index (χ2v) is 9.16. The fourth-order valence-electron chi connectivity index (χ4n) is 3.42. The van der Waals surface area contributed by atoms with Gasteiger partial charge in [-0.25, -0.2) is 18.4 Å². The molecule has 2 aromatic rings. The summed E-state index contributed by atoms with van der Waals surface area (Å²) in [7, 11) is 0.267. The van der Waals surface area contributed by atoms with Crippen LogP contribution < -0.4 is 19.3 Å². The van der Waals surface area contributed by atoms with Crippen molar-refractivity contribution in [2.75, 3.05) is 63.3 Å². The second kappa shape index (κ2) is 7.68. The molecule has 1 aromatic heterocycles. The zero-order chi connectivity index (χ0) is 20.6. The maximum Gasteiger partial charge on any atom is 0.243 e. The number of rotatable bonds is 4. The van der Waals surface area contributed by atoms with Gasteiger partial charge in [-0.15, -0.1) is 0 Å². The summed E-state index contributed by atoms with van der Waals surface area (Å²) >= 11 is 0. The Morgan fingerprint density at radius 1 is 0.966 bits per heavy atom. The zero-order valence-electron chi connectivity index (χ0n) is 16.8. The van der Waals surface area contributed by atoms with Crippen molar-refractivity contribution in [3.8, 4) is 11.5 Å². The Bertz CT molecular complexity index is 1000. The average molecular weight is 420 g/mol. The molecule has 3 heterocycles. The van der Waals surface area contributed by atoms with E-state index >= 15 is 0 Å². The van der Waals surface area contributed by atoms with Gasteiger partial charge in [-0.05, 0) is 19.1 Å². The summed E-state index contributed by atoms with van der Waals surface area (Å²) in [5, 5.41) is 0. The number of anilines is 2. The molecule has 1 fully saturated rings. The van der Waals surface area contributed by atoms with Gasteiger partial charge in [0, 0.05) is 52.4 Å². The normalized spacial score (nSPS) is 17.3. The molecular formula is C19H25N5O4S. The van der Waals surface area contributed by atoms with Gasteiger partial charge in [0.15, 0.2) is 11.5 Å². The monoisotopic (exact) mass is 419 g/mol. The maximum absolute atomic E-state index is 13.1. The lowest BCUT2D eigenvalue weighted by atomic mass is 10.3. The molecule has 156 valence electrons. The summed E-state index contributed by atoms with van der Waals surface area (Å²) < 4.78 is 38.7. The van der Waals surface area contributed by atoms with E-state index in [2.05, 4.69) is 14.9 Å². The molecule has 0 spiro atoms. The molecule has 29 heavy (non-hydrogen) atoms. The highest BCUT2D eigenvalue weighted by atomic mass is 32.2. The molecule has 10 heteroatoms. The fraction of sp³-hybridized carbons (Fsp3) is 0.474. The van der Waals surface area contributed by atoms with Crippen molar-refractivity contribution < 1.29 is 17.9 Å². The molecule has 0 amide bonds. The van der Waals surface area contributed by atoms with Crippen LogP contribution in [0.15, 0.2) is 29.2 Å². The van der Waals surface area contributed by atoms with Gasteiger partial charge in [-0.2, -0.15) is 4.31 Å². The number of piperazine rings is 1. The van der Waals surface area contributed by atoms with Crippen LogP contribution in [0.3, 0.4) is 0 Å². The first-order chi connectivity index (χ1) is 13.8. The number of hydrogen-bond acceptors (Lipinski definition) is 8. The SMILES string of the molecule is Cc1nc(N(C)C)cc(N2CCN(S(=O)(=O)c3ccc4c(c3)OCCO4)CC2)n1. The van der Waals surface area contributed by atoms with E-state index in [4.69, 9.17) is 9.47 Å². The summed E-state index contributed by atoms with van der Waals surface area (Å²) in [6.07, 6.45) is 0. The van der Waals surface area contributed by atoms with Crippen LogP contribution in [-0.2, 0) is 10.0 Å². The van der Waals surface area contributed by atoms with Gasteiger partial charge in [-0.1, -0.05) is 0 Å². The lowest BCUT2D eigenvalue weighted by Gasteiger charge is -2.35. The predicted molar refractivity (Wildman–Crippen MR) is 109 cm³/mol. The highest BCUT2D eigenvalue weighted by molar-refractivity contribution is 7.89. The topological polar surface area (TPSA) is 88.1 Å². The molecule has 0 saturated carbocycles. The van der Waals surface area contributed by atoms with Crippen LogP contribution in [0.4, 0.5) is 11.6 Å². The van der Waals surface area contributed by atoms with Crippen molar-refractivity contribution in [1.29, 1.82) is 0 Å². The second-order valence-electron chi connectivity index (χ2n) is 7.22. The summed E-state index contributed by atoms with van der Waals surface area (Å²) in [6.45, 7) is 4.65. The molecule has 0 bridgehead atoms. The smallest absolute Gasteiger partial charge is 0.243 e. The molecule has 0 N–H and O–H groups in total. The minimum atomic E-state index is -3.60. The molecule has 0 aliphatic carbocycles. The Hall–Kier alpha value is -2.59. The Balaban J connectivity index is 1.49. The van der Waals surface area contributed by atoms with Crippen LogP contribution in [0, 0.1) is 6.92 Å². The number of fused-ring (bicyclic) bond motifs is 1. The van der Waals surface area contributed by atoms with E-state index in [-0.39, 0.29) is 4.90 Å². The van der Waals surface area contributed by atoms with E-state index in [1.807, 2.05) is 32.0 Å². The molecule has 0 radical (unpaired) electrons. The van der Waals surface area contributed by atoms with E-state index in [1.165, 1.54) is 4.31 Å². The Morgan fingerprint density at radius 2 is 1.66 bits per heavy atom. The molecule has 1 saturated heterocycles. The number of aryl methyl sites for hydroxylation is 1. The van der Waals surface area contributed by atoms with Crippen LogP contribution in [0.2, 0.25) is 0 Å². The molecular weight excluding hydrogens is 394 g/mol. The third-order valence-electron chi connectivity index (χ3n) is 4.98. The number of aromatic nitrogens is 2. The average Bonchev–Trinajstić information content (AvgIpc) is 2.73. The number of nitrogens with zero attached hydrogens (tertiary/aromatic N) is 5. The number of benzene rings is 1. The van der Waals surface area contributed by atoms with Gasteiger partial charge >= 0.3 is 0 Å². The number of hydrogen-bond donors (Lipinski definition) is 0. The first-order valence-electron chi connectivity index (χ1n) is 9.52. The highest BCUT2D eigenvalue weighted by Crippen LogP contribution is 2.33. The molecule has 9 nitrogen and oxygen atoms in total.